The van der Waals surface area contributed by atoms with Crippen molar-refractivity contribution in [2.24, 2.45) is 0 Å². The maximum atomic E-state index is 12.6. The Bertz CT molecular complexity index is 805. The molecule has 0 fully saturated rings. The van der Waals surface area contributed by atoms with Crippen LogP contribution in [0.5, 0.6) is 0 Å². The molecule has 0 radical (unpaired) electrons. The molecule has 0 heterocycles. The van der Waals surface area contributed by atoms with Crippen molar-refractivity contribution in [2.45, 2.75) is 19.9 Å². The van der Waals surface area contributed by atoms with Crippen molar-refractivity contribution < 1.29 is 4.79 Å². The highest BCUT2D eigenvalue weighted by Gasteiger charge is 2.16. The number of benzene rings is 3. The lowest BCUT2D eigenvalue weighted by atomic mass is 9.99. The monoisotopic (exact) mass is 330 g/mol. The summed E-state index contributed by atoms with van der Waals surface area (Å²) in [5, 5.41) is 6.07. The lowest BCUT2D eigenvalue weighted by Crippen LogP contribution is -2.33. The highest BCUT2D eigenvalue weighted by Crippen LogP contribution is 2.22. The van der Waals surface area contributed by atoms with Crippen LogP contribution in [0.25, 0.3) is 0 Å². The van der Waals surface area contributed by atoms with Crippen molar-refractivity contribution in [3.63, 3.8) is 0 Å². The number of rotatable bonds is 4. The largest absolute Gasteiger partial charge is 0.327 e. The molecule has 2 amide bonds. The van der Waals surface area contributed by atoms with E-state index in [1.54, 1.807) is 0 Å². The van der Waals surface area contributed by atoms with Gasteiger partial charge in [-0.1, -0.05) is 72.8 Å². The van der Waals surface area contributed by atoms with Crippen LogP contribution in [-0.2, 0) is 0 Å². The first-order valence-corrected chi connectivity index (χ1v) is 8.38. The summed E-state index contributed by atoms with van der Waals surface area (Å²) in [5.74, 6) is 0. The number of amides is 2. The van der Waals surface area contributed by atoms with Gasteiger partial charge in [-0.15, -0.1) is 0 Å². The Labute approximate surface area is 148 Å². The van der Waals surface area contributed by atoms with E-state index in [4.69, 9.17) is 0 Å². The Morgan fingerprint density at radius 1 is 0.800 bits per heavy atom. The molecule has 2 N–H and O–H groups in total. The van der Waals surface area contributed by atoms with Crippen molar-refractivity contribution in [3.05, 3.63) is 101 Å². The Kier molecular flexibility index (Phi) is 5.14. The van der Waals surface area contributed by atoms with Gasteiger partial charge in [0.25, 0.3) is 0 Å². The number of urea groups is 1. The highest BCUT2D eigenvalue weighted by atomic mass is 16.2. The third-order valence-corrected chi connectivity index (χ3v) is 4.18. The predicted molar refractivity (Wildman–Crippen MR) is 103 cm³/mol. The van der Waals surface area contributed by atoms with Gasteiger partial charge in [-0.3, -0.25) is 0 Å². The van der Waals surface area contributed by atoms with Gasteiger partial charge in [0.15, 0.2) is 0 Å². The number of nitrogens with one attached hydrogen (secondary N) is 2. The van der Waals surface area contributed by atoms with Crippen LogP contribution in [0.3, 0.4) is 0 Å². The first-order chi connectivity index (χ1) is 12.1. The molecule has 3 heteroatoms. The van der Waals surface area contributed by atoms with E-state index in [9.17, 15) is 4.79 Å². The van der Waals surface area contributed by atoms with Crippen molar-refractivity contribution in [1.29, 1.82) is 0 Å². The van der Waals surface area contributed by atoms with Gasteiger partial charge in [0.1, 0.15) is 0 Å². The van der Waals surface area contributed by atoms with Gasteiger partial charge >= 0.3 is 6.03 Å². The van der Waals surface area contributed by atoms with E-state index in [-0.39, 0.29) is 12.1 Å². The Morgan fingerprint density at radius 2 is 1.36 bits per heavy atom. The molecular weight excluding hydrogens is 308 g/mol. The average Bonchev–Trinajstić information content (AvgIpc) is 2.64. The van der Waals surface area contributed by atoms with Crippen molar-refractivity contribution in [1.82, 2.24) is 5.32 Å². The SMILES string of the molecule is Cc1ccc(C)c(NC(=O)NC(c2ccccc2)c2ccccc2)c1. The van der Waals surface area contributed by atoms with Crippen LogP contribution in [0, 0.1) is 13.8 Å². The lowest BCUT2D eigenvalue weighted by molar-refractivity contribution is 0.250. The molecular formula is C22H22N2O. The second-order valence-electron chi connectivity index (χ2n) is 6.17. The normalized spacial score (nSPS) is 10.5. The van der Waals surface area contributed by atoms with Gasteiger partial charge in [0, 0.05) is 5.69 Å². The molecule has 3 aromatic rings. The van der Waals surface area contributed by atoms with Crippen molar-refractivity contribution in [2.75, 3.05) is 5.32 Å². The van der Waals surface area contributed by atoms with Crippen molar-refractivity contribution in [3.8, 4) is 0 Å². The molecule has 3 aromatic carbocycles. The lowest BCUT2D eigenvalue weighted by Gasteiger charge is -2.20. The smallest absolute Gasteiger partial charge is 0.319 e. The fraction of sp³-hybridized carbons (Fsp3) is 0.136. The molecule has 0 aliphatic carbocycles. The molecule has 0 saturated heterocycles. The standard InChI is InChI=1S/C22H22N2O/c1-16-13-14-17(2)20(15-16)23-22(25)24-21(18-9-5-3-6-10-18)19-11-7-4-8-12-19/h3-15,21H,1-2H3,(H2,23,24,25). The number of aryl methyl sites for hydroxylation is 2. The third kappa shape index (κ3) is 4.27. The Morgan fingerprint density at radius 3 is 1.92 bits per heavy atom. The zero-order valence-electron chi connectivity index (χ0n) is 14.5. The third-order valence-electron chi connectivity index (χ3n) is 4.18. The zero-order chi connectivity index (χ0) is 17.6. The van der Waals surface area contributed by atoms with E-state index in [2.05, 4.69) is 10.6 Å². The molecule has 0 aliphatic heterocycles. The maximum Gasteiger partial charge on any atom is 0.319 e. The van der Waals surface area contributed by atoms with Crippen LogP contribution < -0.4 is 10.6 Å². The van der Waals surface area contributed by atoms with Crippen LogP contribution in [0.15, 0.2) is 78.9 Å². The molecule has 0 unspecified atom stereocenters. The molecule has 25 heavy (non-hydrogen) atoms. The van der Waals surface area contributed by atoms with Gasteiger partial charge < -0.3 is 10.6 Å². The summed E-state index contributed by atoms with van der Waals surface area (Å²) < 4.78 is 0. The molecule has 0 spiro atoms. The summed E-state index contributed by atoms with van der Waals surface area (Å²) in [6.07, 6.45) is 0. The quantitative estimate of drug-likeness (QED) is 0.677. The van der Waals surface area contributed by atoms with E-state index in [1.165, 1.54) is 0 Å². The minimum atomic E-state index is -0.216. The van der Waals surface area contributed by atoms with Gasteiger partial charge in [0.2, 0.25) is 0 Å². The number of hydrogen-bond donors (Lipinski definition) is 2. The highest BCUT2D eigenvalue weighted by molar-refractivity contribution is 5.90. The second-order valence-corrected chi connectivity index (χ2v) is 6.17. The molecule has 0 bridgehead atoms. The Balaban J connectivity index is 1.83. The first kappa shape index (κ1) is 16.8. The zero-order valence-corrected chi connectivity index (χ0v) is 14.5. The van der Waals surface area contributed by atoms with Gasteiger partial charge in [-0.2, -0.15) is 0 Å². The van der Waals surface area contributed by atoms with Crippen LogP contribution in [0.1, 0.15) is 28.3 Å². The molecule has 0 aliphatic rings. The van der Waals surface area contributed by atoms with Crippen LogP contribution >= 0.6 is 0 Å². The molecule has 0 atom stereocenters. The van der Waals surface area contributed by atoms with E-state index >= 15 is 0 Å². The van der Waals surface area contributed by atoms with E-state index in [0.717, 1.165) is 27.9 Å². The number of carbonyl (C=O) groups excluding carboxylic acids is 1. The van der Waals surface area contributed by atoms with E-state index in [1.807, 2.05) is 92.7 Å². The van der Waals surface area contributed by atoms with Gasteiger partial charge in [0.05, 0.1) is 6.04 Å². The fourth-order valence-corrected chi connectivity index (χ4v) is 2.81. The van der Waals surface area contributed by atoms with Crippen LogP contribution in [-0.4, -0.2) is 6.03 Å². The minimum Gasteiger partial charge on any atom is -0.327 e. The number of hydrogen-bond acceptors (Lipinski definition) is 1. The minimum absolute atomic E-state index is 0.201. The van der Waals surface area contributed by atoms with Gasteiger partial charge in [-0.25, -0.2) is 4.79 Å². The summed E-state index contributed by atoms with van der Waals surface area (Å²) in [4.78, 5) is 12.6. The van der Waals surface area contributed by atoms with E-state index in [0.29, 0.717) is 0 Å². The topological polar surface area (TPSA) is 41.1 Å². The summed E-state index contributed by atoms with van der Waals surface area (Å²) in [6.45, 7) is 4.00. The average molecular weight is 330 g/mol. The second kappa shape index (κ2) is 7.67. The van der Waals surface area contributed by atoms with Crippen LogP contribution in [0.4, 0.5) is 10.5 Å². The summed E-state index contributed by atoms with van der Waals surface area (Å²) in [5.41, 5.74) is 5.08. The van der Waals surface area contributed by atoms with E-state index < -0.39 is 0 Å². The molecule has 126 valence electrons. The molecule has 3 nitrogen and oxygen atoms in total. The Hall–Kier alpha value is -3.07. The molecule has 0 saturated carbocycles. The number of carbonyl (C=O) groups is 1. The summed E-state index contributed by atoms with van der Waals surface area (Å²) in [7, 11) is 0. The van der Waals surface area contributed by atoms with Gasteiger partial charge in [-0.05, 0) is 42.2 Å². The van der Waals surface area contributed by atoms with Crippen molar-refractivity contribution >= 4 is 11.7 Å². The first-order valence-electron chi connectivity index (χ1n) is 8.38. The fourth-order valence-electron chi connectivity index (χ4n) is 2.81. The molecule has 3 rings (SSSR count). The summed E-state index contributed by atoms with van der Waals surface area (Å²) >= 11 is 0. The molecule has 0 aromatic heterocycles. The predicted octanol–water partition coefficient (Wildman–Crippen LogP) is 5.21. The maximum absolute atomic E-state index is 12.6. The summed E-state index contributed by atoms with van der Waals surface area (Å²) in [6, 6.07) is 25.6. The number of anilines is 1. The van der Waals surface area contributed by atoms with Crippen LogP contribution in [0.2, 0.25) is 0 Å².